The highest BCUT2D eigenvalue weighted by Gasteiger charge is 2.30. The van der Waals surface area contributed by atoms with Crippen molar-refractivity contribution in [1.82, 2.24) is 14.9 Å². The monoisotopic (exact) mass is 390 g/mol. The van der Waals surface area contributed by atoms with Crippen LogP contribution in [0.15, 0.2) is 30.3 Å². The van der Waals surface area contributed by atoms with Crippen molar-refractivity contribution < 1.29 is 17.9 Å². The molecule has 2 heterocycles. The van der Waals surface area contributed by atoms with Crippen LogP contribution in [0.25, 0.3) is 11.3 Å². The first kappa shape index (κ1) is 20.2. The lowest BCUT2D eigenvalue weighted by Crippen LogP contribution is -2.27. The molecule has 1 aliphatic rings. The second-order valence-electron chi connectivity index (χ2n) is 6.67. The van der Waals surface area contributed by atoms with E-state index in [-0.39, 0.29) is 5.82 Å². The molecule has 0 atom stereocenters. The van der Waals surface area contributed by atoms with Gasteiger partial charge in [-0.25, -0.2) is 9.97 Å². The zero-order valence-electron chi connectivity index (χ0n) is 15.4. The maximum atomic E-state index is 13.0. The normalized spacial score (nSPS) is 15.8. The molecule has 0 N–H and O–H groups in total. The van der Waals surface area contributed by atoms with E-state index in [1.54, 1.807) is 12.1 Å². The van der Waals surface area contributed by atoms with Gasteiger partial charge in [-0.1, -0.05) is 12.1 Å². The Labute approximate surface area is 161 Å². The molecule has 1 aromatic carbocycles. The molecule has 0 unspecified atom stereocenters. The molecule has 28 heavy (non-hydrogen) atoms. The number of halogens is 3. The summed E-state index contributed by atoms with van der Waals surface area (Å²) < 4.78 is 44.4. The van der Waals surface area contributed by atoms with Gasteiger partial charge < -0.3 is 9.64 Å². The second-order valence-corrected chi connectivity index (χ2v) is 6.67. The largest absolute Gasteiger partial charge is 0.416 e. The van der Waals surface area contributed by atoms with Gasteiger partial charge in [0.2, 0.25) is 5.82 Å². The summed E-state index contributed by atoms with van der Waals surface area (Å²) >= 11 is 0. The minimum absolute atomic E-state index is 0.0342. The zero-order valence-corrected chi connectivity index (χ0v) is 15.4. The van der Waals surface area contributed by atoms with Crippen LogP contribution in [0, 0.1) is 11.3 Å². The summed E-state index contributed by atoms with van der Waals surface area (Å²) in [5.74, 6) is -0.0342. The molecule has 0 radical (unpaired) electrons. The first-order valence-electron chi connectivity index (χ1n) is 9.21. The van der Waals surface area contributed by atoms with Gasteiger partial charge in [0.25, 0.3) is 0 Å². The highest BCUT2D eigenvalue weighted by molar-refractivity contribution is 5.61. The van der Waals surface area contributed by atoms with Crippen molar-refractivity contribution in [2.75, 3.05) is 32.8 Å². The number of aryl methyl sites for hydroxylation is 1. The van der Waals surface area contributed by atoms with Crippen molar-refractivity contribution in [3.8, 4) is 17.3 Å². The maximum absolute atomic E-state index is 13.0. The number of ether oxygens (including phenoxy) is 1. The average molecular weight is 390 g/mol. The summed E-state index contributed by atoms with van der Waals surface area (Å²) in [6.45, 7) is 4.28. The number of nitriles is 1. The fourth-order valence-electron chi connectivity index (χ4n) is 3.18. The molecule has 1 aromatic heterocycles. The maximum Gasteiger partial charge on any atom is 0.416 e. The van der Waals surface area contributed by atoms with Crippen LogP contribution in [0.5, 0.6) is 0 Å². The van der Waals surface area contributed by atoms with Crippen molar-refractivity contribution in [3.63, 3.8) is 0 Å². The van der Waals surface area contributed by atoms with Crippen LogP contribution in [0.1, 0.15) is 29.9 Å². The Balaban J connectivity index is 1.74. The summed E-state index contributed by atoms with van der Waals surface area (Å²) in [5.41, 5.74) is 0.563. The quantitative estimate of drug-likeness (QED) is 0.779. The van der Waals surface area contributed by atoms with Crippen molar-refractivity contribution in [1.29, 1.82) is 5.26 Å². The molecule has 0 bridgehead atoms. The predicted octanol–water partition coefficient (Wildman–Crippen LogP) is 3.69. The van der Waals surface area contributed by atoms with Crippen LogP contribution in [0.3, 0.4) is 0 Å². The van der Waals surface area contributed by atoms with Crippen molar-refractivity contribution in [3.05, 3.63) is 47.4 Å². The van der Waals surface area contributed by atoms with Gasteiger partial charge in [-0.15, -0.1) is 0 Å². The van der Waals surface area contributed by atoms with Crippen LogP contribution in [-0.2, 0) is 17.3 Å². The number of hydrogen-bond acceptors (Lipinski definition) is 5. The molecule has 0 aliphatic carbocycles. The number of hydrogen-bond donors (Lipinski definition) is 0. The van der Waals surface area contributed by atoms with Crippen LogP contribution < -0.4 is 0 Å². The molecule has 8 heteroatoms. The van der Waals surface area contributed by atoms with E-state index >= 15 is 0 Å². The Morgan fingerprint density at radius 3 is 2.79 bits per heavy atom. The van der Waals surface area contributed by atoms with Crippen LogP contribution in [0.4, 0.5) is 13.2 Å². The fraction of sp³-hybridized carbons (Fsp3) is 0.450. The topological polar surface area (TPSA) is 62.0 Å². The van der Waals surface area contributed by atoms with E-state index in [0.717, 1.165) is 57.8 Å². The predicted molar refractivity (Wildman–Crippen MR) is 97.4 cm³/mol. The summed E-state index contributed by atoms with van der Waals surface area (Å²) in [6.07, 6.45) is -1.96. The van der Waals surface area contributed by atoms with Crippen molar-refractivity contribution in [2.24, 2.45) is 0 Å². The lowest BCUT2D eigenvalue weighted by atomic mass is 10.1. The number of benzene rings is 1. The van der Waals surface area contributed by atoms with Gasteiger partial charge in [0.1, 0.15) is 6.07 Å². The first-order valence-corrected chi connectivity index (χ1v) is 9.21. The molecule has 0 amide bonds. The Kier molecular flexibility index (Phi) is 6.60. The lowest BCUT2D eigenvalue weighted by molar-refractivity contribution is -0.137. The third-order valence-electron chi connectivity index (χ3n) is 4.59. The number of aromatic nitrogens is 2. The summed E-state index contributed by atoms with van der Waals surface area (Å²) in [7, 11) is 0. The van der Waals surface area contributed by atoms with Crippen LogP contribution in [-0.4, -0.2) is 47.7 Å². The first-order chi connectivity index (χ1) is 13.5. The summed E-state index contributed by atoms with van der Waals surface area (Å²) in [6, 6.07) is 8.53. The van der Waals surface area contributed by atoms with Gasteiger partial charge in [-0.05, 0) is 44.0 Å². The Morgan fingerprint density at radius 2 is 2.00 bits per heavy atom. The average Bonchev–Trinajstić information content (AvgIpc) is 2.96. The zero-order chi connectivity index (χ0) is 20.0. The molecule has 1 saturated heterocycles. The molecule has 1 aliphatic heterocycles. The Hall–Kier alpha value is -2.50. The van der Waals surface area contributed by atoms with E-state index in [4.69, 9.17) is 4.74 Å². The molecule has 148 valence electrons. The minimum atomic E-state index is -4.43. The molecule has 0 spiro atoms. The lowest BCUT2D eigenvalue weighted by Gasteiger charge is -2.18. The molecular formula is C20H21F3N4O. The van der Waals surface area contributed by atoms with Gasteiger partial charge in [-0.3, -0.25) is 0 Å². The molecule has 0 saturated carbocycles. The molecule has 2 aromatic rings. The van der Waals surface area contributed by atoms with E-state index in [1.807, 2.05) is 6.07 Å². The number of nitrogens with zero attached hydrogens (tertiary/aromatic N) is 4. The summed E-state index contributed by atoms with van der Waals surface area (Å²) in [5, 5.41) is 9.20. The Morgan fingerprint density at radius 1 is 1.14 bits per heavy atom. The van der Waals surface area contributed by atoms with Gasteiger partial charge in [0.05, 0.1) is 17.9 Å². The molecule has 1 fully saturated rings. The van der Waals surface area contributed by atoms with Crippen molar-refractivity contribution in [2.45, 2.75) is 25.4 Å². The molecule has 5 nitrogen and oxygen atoms in total. The van der Waals surface area contributed by atoms with E-state index < -0.39 is 11.7 Å². The summed E-state index contributed by atoms with van der Waals surface area (Å²) in [4.78, 5) is 10.6. The number of rotatable bonds is 5. The van der Waals surface area contributed by atoms with Gasteiger partial charge >= 0.3 is 6.18 Å². The highest BCUT2D eigenvalue weighted by Crippen LogP contribution is 2.31. The minimum Gasteiger partial charge on any atom is -0.380 e. The van der Waals surface area contributed by atoms with E-state index in [1.165, 1.54) is 6.07 Å². The Bertz CT molecular complexity index is 840. The molecular weight excluding hydrogens is 369 g/mol. The van der Waals surface area contributed by atoms with Crippen LogP contribution >= 0.6 is 0 Å². The van der Waals surface area contributed by atoms with Gasteiger partial charge in [-0.2, -0.15) is 18.4 Å². The standard InChI is InChI=1S/C20H21F3N4O/c21-20(22,23)16-5-1-4-15(12-16)18-13-17(25-19(14-24)26-18)6-2-7-27-8-3-10-28-11-9-27/h1,4-5,12-13H,2-3,6-11H2. The van der Waals surface area contributed by atoms with Crippen LogP contribution in [0.2, 0.25) is 0 Å². The van der Waals surface area contributed by atoms with E-state index in [2.05, 4.69) is 14.9 Å². The van der Waals surface area contributed by atoms with Gasteiger partial charge in [0.15, 0.2) is 0 Å². The van der Waals surface area contributed by atoms with Crippen molar-refractivity contribution >= 4 is 0 Å². The van der Waals surface area contributed by atoms with Gasteiger partial charge in [0, 0.05) is 31.0 Å². The van der Waals surface area contributed by atoms with E-state index in [0.29, 0.717) is 23.4 Å². The smallest absolute Gasteiger partial charge is 0.380 e. The highest BCUT2D eigenvalue weighted by atomic mass is 19.4. The van der Waals surface area contributed by atoms with E-state index in [9.17, 15) is 18.4 Å². The number of alkyl halides is 3. The third-order valence-corrected chi connectivity index (χ3v) is 4.59. The SMILES string of the molecule is N#Cc1nc(CCCN2CCCOCC2)cc(-c2cccc(C(F)(F)F)c2)n1. The second kappa shape index (κ2) is 9.13. The third kappa shape index (κ3) is 5.50. The fourth-order valence-corrected chi connectivity index (χ4v) is 3.18. The molecule has 3 rings (SSSR count).